The smallest absolute Gasteiger partial charge is 0.133 e. The van der Waals surface area contributed by atoms with Crippen LogP contribution in [0.2, 0.25) is 5.02 Å². The minimum Gasteiger partial charge on any atom is -0.396 e. The third-order valence-electron chi connectivity index (χ3n) is 4.27. The molecule has 0 radical (unpaired) electrons. The van der Waals surface area contributed by atoms with Crippen LogP contribution in [0.1, 0.15) is 11.3 Å². The summed E-state index contributed by atoms with van der Waals surface area (Å²) in [7, 11) is 2.12. The lowest BCUT2D eigenvalue weighted by atomic mass is 10.2. The largest absolute Gasteiger partial charge is 0.396 e. The van der Waals surface area contributed by atoms with Crippen molar-refractivity contribution in [2.45, 2.75) is 6.54 Å². The summed E-state index contributed by atoms with van der Waals surface area (Å²) in [6.07, 6.45) is 0. The normalized spacial score (nSPS) is 15.6. The first-order chi connectivity index (χ1) is 11.1. The highest BCUT2D eigenvalue weighted by atomic mass is 35.5. The molecular formula is C17H20ClN5. The van der Waals surface area contributed by atoms with E-state index in [9.17, 15) is 5.26 Å². The number of halogens is 1. The van der Waals surface area contributed by atoms with Crippen molar-refractivity contribution >= 4 is 23.1 Å². The molecule has 1 fully saturated rings. The lowest BCUT2D eigenvalue weighted by Crippen LogP contribution is -2.45. The molecule has 0 unspecified atom stereocenters. The molecule has 1 saturated heterocycles. The van der Waals surface area contributed by atoms with Crippen molar-refractivity contribution in [1.29, 1.82) is 5.26 Å². The number of hydrogen-bond acceptors (Lipinski definition) is 4. The fraction of sp³-hybridized carbons (Fsp3) is 0.353. The van der Waals surface area contributed by atoms with E-state index in [1.807, 2.05) is 28.8 Å². The molecule has 6 heteroatoms. The number of nitrogens with two attached hydrogens (primary N) is 1. The maximum Gasteiger partial charge on any atom is 0.133 e. The molecular weight excluding hydrogens is 310 g/mol. The molecule has 3 rings (SSSR count). The molecule has 1 aliphatic heterocycles. The summed E-state index contributed by atoms with van der Waals surface area (Å²) in [5.74, 6) is 0.949. The Kier molecular flexibility index (Phi) is 4.46. The van der Waals surface area contributed by atoms with Crippen LogP contribution in [0.25, 0.3) is 0 Å². The van der Waals surface area contributed by atoms with Crippen LogP contribution in [-0.2, 0) is 6.54 Å². The molecule has 0 atom stereocenters. The summed E-state index contributed by atoms with van der Waals surface area (Å²) in [4.78, 5) is 4.57. The van der Waals surface area contributed by atoms with Crippen LogP contribution in [0.3, 0.4) is 0 Å². The number of hydrogen-bond donors (Lipinski definition) is 1. The molecule has 0 aliphatic carbocycles. The van der Waals surface area contributed by atoms with Crippen LogP contribution in [0.5, 0.6) is 0 Å². The van der Waals surface area contributed by atoms with Crippen LogP contribution in [0, 0.1) is 11.3 Å². The molecule has 1 aliphatic rings. The Hall–Kier alpha value is -2.16. The summed E-state index contributed by atoms with van der Waals surface area (Å²) in [5.41, 5.74) is 8.56. The van der Waals surface area contributed by atoms with E-state index in [-0.39, 0.29) is 0 Å². The number of benzene rings is 1. The molecule has 1 aromatic carbocycles. The topological polar surface area (TPSA) is 61.2 Å². The fourth-order valence-electron chi connectivity index (χ4n) is 2.96. The molecule has 0 amide bonds. The van der Waals surface area contributed by atoms with Crippen LogP contribution < -0.4 is 10.6 Å². The van der Waals surface area contributed by atoms with Crippen molar-refractivity contribution in [2.24, 2.45) is 0 Å². The number of likely N-dealkylation sites (N-methyl/N-ethyl adjacent to an activating group) is 1. The zero-order chi connectivity index (χ0) is 16.4. The zero-order valence-corrected chi connectivity index (χ0v) is 13.9. The van der Waals surface area contributed by atoms with Crippen LogP contribution >= 0.6 is 11.6 Å². The number of rotatable bonds is 3. The van der Waals surface area contributed by atoms with Gasteiger partial charge in [0.05, 0.1) is 12.2 Å². The minimum atomic E-state index is 0.589. The first kappa shape index (κ1) is 15.7. The average molecular weight is 330 g/mol. The Labute approximate surface area is 141 Å². The van der Waals surface area contributed by atoms with Crippen molar-refractivity contribution in [1.82, 2.24) is 9.47 Å². The van der Waals surface area contributed by atoms with Gasteiger partial charge >= 0.3 is 0 Å². The summed E-state index contributed by atoms with van der Waals surface area (Å²) >= 11 is 5.95. The van der Waals surface area contributed by atoms with E-state index in [2.05, 4.69) is 22.9 Å². The molecule has 0 bridgehead atoms. The van der Waals surface area contributed by atoms with Crippen molar-refractivity contribution in [3.8, 4) is 6.07 Å². The van der Waals surface area contributed by atoms with Crippen LogP contribution in [0.15, 0.2) is 30.3 Å². The summed E-state index contributed by atoms with van der Waals surface area (Å²) in [6, 6.07) is 11.7. The quantitative estimate of drug-likeness (QED) is 0.939. The number of nitriles is 1. The third kappa shape index (κ3) is 3.29. The molecule has 2 aromatic rings. The predicted octanol–water partition coefficient (Wildman–Crippen LogP) is 2.40. The van der Waals surface area contributed by atoms with Crippen LogP contribution in [0.4, 0.5) is 11.5 Å². The summed E-state index contributed by atoms with van der Waals surface area (Å²) in [6.45, 7) is 4.42. The lowest BCUT2D eigenvalue weighted by molar-refractivity contribution is 0.311. The Bertz CT molecular complexity index is 721. The van der Waals surface area contributed by atoms with E-state index in [1.165, 1.54) is 0 Å². The lowest BCUT2D eigenvalue weighted by Gasteiger charge is -2.35. The van der Waals surface area contributed by atoms with Gasteiger partial charge in [-0.15, -0.1) is 0 Å². The van der Waals surface area contributed by atoms with Gasteiger partial charge in [0.15, 0.2) is 0 Å². The molecule has 2 N–H and O–H groups in total. The Morgan fingerprint density at radius 1 is 1.17 bits per heavy atom. The highest BCUT2D eigenvalue weighted by Gasteiger charge is 2.22. The van der Waals surface area contributed by atoms with Gasteiger partial charge in [-0.25, -0.2) is 0 Å². The Balaban J connectivity index is 1.94. The zero-order valence-electron chi connectivity index (χ0n) is 13.2. The van der Waals surface area contributed by atoms with E-state index in [4.69, 9.17) is 17.3 Å². The summed E-state index contributed by atoms with van der Waals surface area (Å²) in [5, 5.41) is 10.2. The Morgan fingerprint density at radius 3 is 2.43 bits per heavy atom. The average Bonchev–Trinajstić information content (AvgIpc) is 2.86. The van der Waals surface area contributed by atoms with Gasteiger partial charge in [-0.3, -0.25) is 0 Å². The van der Waals surface area contributed by atoms with E-state index < -0.39 is 0 Å². The molecule has 0 saturated carbocycles. The van der Waals surface area contributed by atoms with Crippen molar-refractivity contribution in [3.05, 3.63) is 46.6 Å². The highest BCUT2D eigenvalue weighted by Crippen LogP contribution is 2.29. The molecule has 23 heavy (non-hydrogen) atoms. The van der Waals surface area contributed by atoms with Gasteiger partial charge < -0.3 is 20.1 Å². The van der Waals surface area contributed by atoms with E-state index >= 15 is 0 Å². The standard InChI is InChI=1S/C17H20ClN5/c1-21-6-8-22(9-7-21)17-16(20)10-15(11-19)23(17)12-13-2-4-14(18)5-3-13/h2-5,10H,6-9,12,20H2,1H3. The van der Waals surface area contributed by atoms with Gasteiger partial charge in [0.1, 0.15) is 17.6 Å². The van der Waals surface area contributed by atoms with Crippen LogP contribution in [-0.4, -0.2) is 42.7 Å². The fourth-order valence-corrected chi connectivity index (χ4v) is 3.08. The molecule has 5 nitrogen and oxygen atoms in total. The molecule has 0 spiro atoms. The Morgan fingerprint density at radius 2 is 1.83 bits per heavy atom. The molecule has 120 valence electrons. The first-order valence-electron chi connectivity index (χ1n) is 7.65. The van der Waals surface area contributed by atoms with E-state index in [0.29, 0.717) is 22.9 Å². The second-order valence-corrected chi connectivity index (χ2v) is 6.36. The van der Waals surface area contributed by atoms with Gasteiger partial charge in [-0.1, -0.05) is 23.7 Å². The van der Waals surface area contributed by atoms with Gasteiger partial charge in [-0.2, -0.15) is 5.26 Å². The molecule has 2 heterocycles. The van der Waals surface area contributed by atoms with E-state index in [0.717, 1.165) is 37.6 Å². The highest BCUT2D eigenvalue weighted by molar-refractivity contribution is 6.30. The van der Waals surface area contributed by atoms with Crippen molar-refractivity contribution < 1.29 is 0 Å². The second kappa shape index (κ2) is 6.53. The van der Waals surface area contributed by atoms with Gasteiger partial charge in [0.2, 0.25) is 0 Å². The molecule has 1 aromatic heterocycles. The second-order valence-electron chi connectivity index (χ2n) is 5.92. The van der Waals surface area contributed by atoms with Gasteiger partial charge in [0, 0.05) is 31.2 Å². The van der Waals surface area contributed by atoms with Crippen molar-refractivity contribution in [3.63, 3.8) is 0 Å². The minimum absolute atomic E-state index is 0.589. The summed E-state index contributed by atoms with van der Waals surface area (Å²) < 4.78 is 2.00. The number of nitrogens with zero attached hydrogens (tertiary/aromatic N) is 4. The van der Waals surface area contributed by atoms with Crippen molar-refractivity contribution in [2.75, 3.05) is 43.9 Å². The monoisotopic (exact) mass is 329 g/mol. The number of anilines is 2. The maximum atomic E-state index is 9.44. The maximum absolute atomic E-state index is 9.44. The third-order valence-corrected chi connectivity index (χ3v) is 4.52. The first-order valence-corrected chi connectivity index (χ1v) is 8.03. The predicted molar refractivity (Wildman–Crippen MR) is 93.8 cm³/mol. The van der Waals surface area contributed by atoms with Gasteiger partial charge in [-0.05, 0) is 30.8 Å². The number of aromatic nitrogens is 1. The number of piperazine rings is 1. The van der Waals surface area contributed by atoms with E-state index in [1.54, 1.807) is 6.07 Å². The SMILES string of the molecule is CN1CCN(c2c(N)cc(C#N)n2Cc2ccc(Cl)cc2)CC1. The number of nitrogen functional groups attached to an aromatic ring is 1. The van der Waals surface area contributed by atoms with Gasteiger partial charge in [0.25, 0.3) is 0 Å².